The molecule has 0 rings (SSSR count). The van der Waals surface area contributed by atoms with Crippen LogP contribution in [0.25, 0.3) is 0 Å². The van der Waals surface area contributed by atoms with Crippen molar-refractivity contribution in [1.29, 1.82) is 0 Å². The standard InChI is InChI=1S/C10H19N3O4/c1-7(5-12-16-6-8(11)14)13-9(15)17-10(2,3)4/h5,7H,6H2,1-4H3,(H2,11,14)(H,13,15)/b12-5+/t7-/m0/s1. The molecule has 0 saturated carbocycles. The first-order valence-electron chi connectivity index (χ1n) is 5.14. The highest BCUT2D eigenvalue weighted by molar-refractivity contribution is 5.76. The summed E-state index contributed by atoms with van der Waals surface area (Å²) in [5.74, 6) is -0.616. The molecule has 0 radical (unpaired) electrons. The summed E-state index contributed by atoms with van der Waals surface area (Å²) in [5.41, 5.74) is 4.28. The second-order valence-electron chi connectivity index (χ2n) is 4.43. The molecule has 0 aliphatic carbocycles. The highest BCUT2D eigenvalue weighted by Gasteiger charge is 2.16. The normalized spacial score (nSPS) is 13.2. The second-order valence-corrected chi connectivity index (χ2v) is 4.43. The predicted molar refractivity (Wildman–Crippen MR) is 62.5 cm³/mol. The number of primary amides is 1. The lowest BCUT2D eigenvalue weighted by atomic mass is 10.2. The Kier molecular flexibility index (Phi) is 6.01. The predicted octanol–water partition coefficient (Wildman–Crippen LogP) is 0.387. The summed E-state index contributed by atoms with van der Waals surface area (Å²) in [4.78, 5) is 26.2. The number of hydrogen-bond acceptors (Lipinski definition) is 5. The first-order chi connectivity index (χ1) is 7.70. The van der Waals surface area contributed by atoms with E-state index in [9.17, 15) is 9.59 Å². The van der Waals surface area contributed by atoms with Crippen LogP contribution >= 0.6 is 0 Å². The fourth-order valence-electron chi connectivity index (χ4n) is 0.766. The first-order valence-corrected chi connectivity index (χ1v) is 5.14. The monoisotopic (exact) mass is 245 g/mol. The number of carbonyl (C=O) groups is 2. The molecule has 0 spiro atoms. The number of nitrogens with zero attached hydrogens (tertiary/aromatic N) is 1. The Morgan fingerprint density at radius 2 is 2.06 bits per heavy atom. The molecule has 98 valence electrons. The van der Waals surface area contributed by atoms with Crippen LogP contribution in [0.3, 0.4) is 0 Å². The van der Waals surface area contributed by atoms with E-state index in [1.54, 1.807) is 27.7 Å². The lowest BCUT2D eigenvalue weighted by molar-refractivity contribution is -0.122. The van der Waals surface area contributed by atoms with E-state index in [1.807, 2.05) is 0 Å². The van der Waals surface area contributed by atoms with Crippen molar-refractivity contribution in [3.05, 3.63) is 0 Å². The smallest absolute Gasteiger partial charge is 0.408 e. The molecule has 0 fully saturated rings. The van der Waals surface area contributed by atoms with Crippen LogP contribution in [-0.4, -0.2) is 36.5 Å². The summed E-state index contributed by atoms with van der Waals surface area (Å²) in [6.07, 6.45) is 0.777. The molecule has 0 aliphatic rings. The van der Waals surface area contributed by atoms with Gasteiger partial charge >= 0.3 is 6.09 Å². The minimum Gasteiger partial charge on any atom is -0.444 e. The summed E-state index contributed by atoms with van der Waals surface area (Å²) in [6, 6.07) is -0.377. The van der Waals surface area contributed by atoms with Crippen molar-refractivity contribution in [2.45, 2.75) is 39.3 Å². The molecule has 0 bridgehead atoms. The molecule has 0 aromatic heterocycles. The lowest BCUT2D eigenvalue weighted by Crippen LogP contribution is -2.38. The summed E-state index contributed by atoms with van der Waals surface area (Å²) in [6.45, 7) is 6.68. The average molecular weight is 245 g/mol. The Balaban J connectivity index is 3.89. The van der Waals surface area contributed by atoms with Gasteiger partial charge < -0.3 is 20.6 Å². The van der Waals surface area contributed by atoms with Gasteiger partial charge in [0.1, 0.15) is 5.60 Å². The van der Waals surface area contributed by atoms with Crippen LogP contribution in [0.2, 0.25) is 0 Å². The third-order valence-electron chi connectivity index (χ3n) is 1.31. The summed E-state index contributed by atoms with van der Waals surface area (Å²) < 4.78 is 5.03. The van der Waals surface area contributed by atoms with Crippen molar-refractivity contribution >= 4 is 18.2 Å². The Hall–Kier alpha value is -1.79. The van der Waals surface area contributed by atoms with E-state index in [0.717, 1.165) is 0 Å². The SMILES string of the molecule is C[C@@H](/C=N/OCC(N)=O)NC(=O)OC(C)(C)C. The van der Waals surface area contributed by atoms with Gasteiger partial charge in [0, 0.05) is 0 Å². The van der Waals surface area contributed by atoms with E-state index in [0.29, 0.717) is 0 Å². The molecule has 1 atom stereocenters. The maximum atomic E-state index is 11.3. The van der Waals surface area contributed by atoms with Gasteiger partial charge in [-0.3, -0.25) is 4.79 Å². The van der Waals surface area contributed by atoms with Crippen LogP contribution in [0.1, 0.15) is 27.7 Å². The Morgan fingerprint density at radius 3 is 2.53 bits per heavy atom. The van der Waals surface area contributed by atoms with Crippen LogP contribution in [0.5, 0.6) is 0 Å². The Morgan fingerprint density at radius 1 is 1.47 bits per heavy atom. The molecular weight excluding hydrogens is 226 g/mol. The van der Waals surface area contributed by atoms with E-state index in [2.05, 4.69) is 15.3 Å². The molecule has 2 amide bonds. The fraction of sp³-hybridized carbons (Fsp3) is 0.700. The number of oxime groups is 1. The van der Waals surface area contributed by atoms with E-state index in [-0.39, 0.29) is 12.6 Å². The number of alkyl carbamates (subject to hydrolysis) is 1. The van der Waals surface area contributed by atoms with Crippen LogP contribution in [0.4, 0.5) is 4.79 Å². The van der Waals surface area contributed by atoms with Gasteiger partial charge in [0.05, 0.1) is 12.3 Å². The number of nitrogens with one attached hydrogen (secondary N) is 1. The van der Waals surface area contributed by atoms with Crippen LogP contribution < -0.4 is 11.1 Å². The molecule has 17 heavy (non-hydrogen) atoms. The van der Waals surface area contributed by atoms with Gasteiger partial charge in [-0.15, -0.1) is 0 Å². The van der Waals surface area contributed by atoms with Gasteiger partial charge in [-0.05, 0) is 27.7 Å². The van der Waals surface area contributed by atoms with E-state index in [1.165, 1.54) is 6.21 Å². The largest absolute Gasteiger partial charge is 0.444 e. The van der Waals surface area contributed by atoms with Crippen LogP contribution in [0.15, 0.2) is 5.16 Å². The molecule has 0 aromatic carbocycles. The van der Waals surface area contributed by atoms with Crippen molar-refractivity contribution < 1.29 is 19.2 Å². The third-order valence-corrected chi connectivity index (χ3v) is 1.31. The molecule has 0 aromatic rings. The molecule has 0 aliphatic heterocycles. The number of carbonyl (C=O) groups excluding carboxylic acids is 2. The summed E-state index contributed by atoms with van der Waals surface area (Å²) >= 11 is 0. The average Bonchev–Trinajstić information content (AvgIpc) is 2.08. The zero-order chi connectivity index (χ0) is 13.5. The zero-order valence-electron chi connectivity index (χ0n) is 10.5. The molecule has 0 unspecified atom stereocenters. The van der Waals surface area contributed by atoms with Gasteiger partial charge in [0.25, 0.3) is 5.91 Å². The quantitative estimate of drug-likeness (QED) is 0.540. The van der Waals surface area contributed by atoms with Gasteiger partial charge in [-0.2, -0.15) is 0 Å². The summed E-state index contributed by atoms with van der Waals surface area (Å²) in [5, 5.41) is 5.98. The number of rotatable bonds is 5. The van der Waals surface area contributed by atoms with E-state index >= 15 is 0 Å². The van der Waals surface area contributed by atoms with Crippen molar-refractivity contribution in [2.75, 3.05) is 6.61 Å². The third kappa shape index (κ3) is 10.5. The van der Waals surface area contributed by atoms with Crippen molar-refractivity contribution in [3.8, 4) is 0 Å². The molecular formula is C10H19N3O4. The van der Waals surface area contributed by atoms with E-state index < -0.39 is 17.6 Å². The second kappa shape index (κ2) is 6.72. The highest BCUT2D eigenvalue weighted by Crippen LogP contribution is 2.06. The zero-order valence-corrected chi connectivity index (χ0v) is 10.5. The van der Waals surface area contributed by atoms with Crippen molar-refractivity contribution in [1.82, 2.24) is 5.32 Å². The van der Waals surface area contributed by atoms with Crippen LogP contribution in [0, 0.1) is 0 Å². The highest BCUT2D eigenvalue weighted by atomic mass is 16.6. The minimum atomic E-state index is -0.616. The number of hydrogen-bond donors (Lipinski definition) is 2. The van der Waals surface area contributed by atoms with Crippen molar-refractivity contribution in [2.24, 2.45) is 10.9 Å². The van der Waals surface area contributed by atoms with Gasteiger partial charge in [-0.25, -0.2) is 4.79 Å². The lowest BCUT2D eigenvalue weighted by Gasteiger charge is -2.20. The van der Waals surface area contributed by atoms with Crippen molar-refractivity contribution in [3.63, 3.8) is 0 Å². The molecule has 3 N–H and O–H groups in total. The maximum absolute atomic E-state index is 11.3. The molecule has 0 saturated heterocycles. The van der Waals surface area contributed by atoms with E-state index in [4.69, 9.17) is 10.5 Å². The van der Waals surface area contributed by atoms with Gasteiger partial charge in [0.2, 0.25) is 0 Å². The number of amides is 2. The molecule has 0 heterocycles. The molecule has 7 nitrogen and oxygen atoms in total. The number of ether oxygens (including phenoxy) is 1. The van der Waals surface area contributed by atoms with Gasteiger partial charge in [0.15, 0.2) is 6.61 Å². The fourth-order valence-corrected chi connectivity index (χ4v) is 0.766. The molecule has 7 heteroatoms. The Labute approximate surface area is 100 Å². The number of nitrogens with two attached hydrogens (primary N) is 1. The minimum absolute atomic E-state index is 0.296. The first kappa shape index (κ1) is 15.2. The van der Waals surface area contributed by atoms with Gasteiger partial charge in [-0.1, -0.05) is 5.16 Å². The maximum Gasteiger partial charge on any atom is 0.408 e. The topological polar surface area (TPSA) is 103 Å². The summed E-state index contributed by atoms with van der Waals surface area (Å²) in [7, 11) is 0. The Bertz CT molecular complexity index is 296. The van der Waals surface area contributed by atoms with Crippen LogP contribution in [-0.2, 0) is 14.4 Å².